The van der Waals surface area contributed by atoms with E-state index >= 15 is 0 Å². The maximum Gasteiger partial charge on any atom is 0.129 e. The number of aliphatic hydroxyl groups is 1. The van der Waals surface area contributed by atoms with Gasteiger partial charge in [0.05, 0.1) is 6.10 Å². The fourth-order valence-corrected chi connectivity index (χ4v) is 2.14. The Balaban J connectivity index is 2.01. The second-order valence-electron chi connectivity index (χ2n) is 4.72. The molecule has 1 aromatic heterocycles. The summed E-state index contributed by atoms with van der Waals surface area (Å²) in [7, 11) is 0. The van der Waals surface area contributed by atoms with Crippen molar-refractivity contribution in [2.45, 2.75) is 19.6 Å². The number of hydrogen-bond acceptors (Lipinski definition) is 3. The average molecular weight is 274 g/mol. The monoisotopic (exact) mass is 274 g/mol. The first-order valence-corrected chi connectivity index (χ1v) is 6.74. The zero-order valence-electron chi connectivity index (χ0n) is 11.5. The van der Waals surface area contributed by atoms with Crippen molar-refractivity contribution in [2.75, 3.05) is 13.1 Å². The van der Waals surface area contributed by atoms with E-state index in [0.29, 0.717) is 18.7 Å². The molecule has 3 nitrogen and oxygen atoms in total. The molecule has 1 heterocycles. The number of aromatic nitrogens is 1. The third-order valence-electron chi connectivity index (χ3n) is 3.30. The van der Waals surface area contributed by atoms with Crippen molar-refractivity contribution >= 4 is 0 Å². The van der Waals surface area contributed by atoms with Crippen molar-refractivity contribution < 1.29 is 9.50 Å². The summed E-state index contributed by atoms with van der Waals surface area (Å²) >= 11 is 0. The normalized spacial score (nSPS) is 12.6. The molecule has 1 atom stereocenters. The molecular weight excluding hydrogens is 255 g/mol. The van der Waals surface area contributed by atoms with Crippen LogP contribution < -0.4 is 0 Å². The predicted molar refractivity (Wildman–Crippen MR) is 76.5 cm³/mol. The van der Waals surface area contributed by atoms with Crippen LogP contribution in [0.1, 0.15) is 24.2 Å². The number of aliphatic hydroxyl groups excluding tert-OH is 1. The number of halogens is 1. The molecule has 0 saturated heterocycles. The molecule has 4 heteroatoms. The van der Waals surface area contributed by atoms with Crippen LogP contribution in [0.4, 0.5) is 4.39 Å². The van der Waals surface area contributed by atoms with Crippen molar-refractivity contribution in [3.63, 3.8) is 0 Å². The van der Waals surface area contributed by atoms with E-state index in [4.69, 9.17) is 0 Å². The van der Waals surface area contributed by atoms with Gasteiger partial charge in [-0.3, -0.25) is 9.88 Å². The van der Waals surface area contributed by atoms with E-state index in [1.165, 1.54) is 6.07 Å². The van der Waals surface area contributed by atoms with Crippen LogP contribution in [-0.2, 0) is 6.54 Å². The molecule has 0 spiro atoms. The quantitative estimate of drug-likeness (QED) is 0.880. The van der Waals surface area contributed by atoms with Crippen LogP contribution in [0, 0.1) is 5.82 Å². The summed E-state index contributed by atoms with van der Waals surface area (Å²) < 4.78 is 13.6. The topological polar surface area (TPSA) is 36.4 Å². The summed E-state index contributed by atoms with van der Waals surface area (Å²) in [5, 5.41) is 10.2. The number of hydrogen-bond donors (Lipinski definition) is 1. The molecule has 0 aliphatic heterocycles. The van der Waals surface area contributed by atoms with E-state index in [9.17, 15) is 9.50 Å². The first-order valence-electron chi connectivity index (χ1n) is 6.74. The van der Waals surface area contributed by atoms with Crippen LogP contribution in [0.3, 0.4) is 0 Å². The Morgan fingerprint density at radius 1 is 1.20 bits per heavy atom. The lowest BCUT2D eigenvalue weighted by Gasteiger charge is -2.24. The largest absolute Gasteiger partial charge is 0.387 e. The van der Waals surface area contributed by atoms with Crippen molar-refractivity contribution in [3.8, 4) is 0 Å². The third-order valence-corrected chi connectivity index (χ3v) is 3.30. The number of rotatable bonds is 6. The fraction of sp³-hybridized carbons (Fsp3) is 0.312. The molecule has 1 N–H and O–H groups in total. The molecule has 20 heavy (non-hydrogen) atoms. The number of benzene rings is 1. The van der Waals surface area contributed by atoms with E-state index in [1.54, 1.807) is 30.6 Å². The number of likely N-dealkylation sites (N-methyl/N-ethyl adjacent to an activating group) is 1. The molecule has 2 aromatic rings. The molecule has 106 valence electrons. The van der Waals surface area contributed by atoms with Gasteiger partial charge in [0.2, 0.25) is 0 Å². The molecule has 1 aromatic carbocycles. The summed E-state index contributed by atoms with van der Waals surface area (Å²) in [6.07, 6.45) is 2.67. The van der Waals surface area contributed by atoms with Crippen molar-refractivity contribution in [3.05, 3.63) is 65.7 Å². The van der Waals surface area contributed by atoms with Gasteiger partial charge in [-0.1, -0.05) is 25.1 Å². The Morgan fingerprint density at radius 2 is 1.90 bits per heavy atom. The highest BCUT2D eigenvalue weighted by Gasteiger charge is 2.15. The molecule has 0 saturated carbocycles. The van der Waals surface area contributed by atoms with Crippen molar-refractivity contribution in [1.82, 2.24) is 9.88 Å². The first-order chi connectivity index (χ1) is 9.70. The minimum Gasteiger partial charge on any atom is -0.387 e. The maximum atomic E-state index is 13.6. The Morgan fingerprint density at radius 3 is 2.55 bits per heavy atom. The summed E-state index contributed by atoms with van der Waals surface area (Å²) in [5.74, 6) is -0.361. The van der Waals surface area contributed by atoms with Crippen molar-refractivity contribution in [1.29, 1.82) is 0 Å². The molecule has 1 unspecified atom stereocenters. The van der Waals surface area contributed by atoms with Gasteiger partial charge in [0.25, 0.3) is 0 Å². The average Bonchev–Trinajstić information content (AvgIpc) is 2.48. The van der Waals surface area contributed by atoms with E-state index in [2.05, 4.69) is 9.88 Å². The van der Waals surface area contributed by atoms with Gasteiger partial charge in [-0.05, 0) is 30.3 Å². The summed E-state index contributed by atoms with van der Waals surface area (Å²) in [5.41, 5.74) is 1.48. The number of pyridine rings is 1. The van der Waals surface area contributed by atoms with Gasteiger partial charge < -0.3 is 5.11 Å². The minimum atomic E-state index is -0.821. The molecule has 0 bridgehead atoms. The van der Waals surface area contributed by atoms with E-state index in [-0.39, 0.29) is 5.82 Å². The SMILES string of the molecule is CCN(Cc1ccncc1)CC(O)c1ccccc1F. The number of nitrogens with zero attached hydrogens (tertiary/aromatic N) is 2. The lowest BCUT2D eigenvalue weighted by molar-refractivity contribution is 0.109. The van der Waals surface area contributed by atoms with Crippen LogP contribution in [-0.4, -0.2) is 28.1 Å². The van der Waals surface area contributed by atoms with Gasteiger partial charge >= 0.3 is 0 Å². The van der Waals surface area contributed by atoms with Crippen LogP contribution in [0.25, 0.3) is 0 Å². The van der Waals surface area contributed by atoms with Gasteiger partial charge in [0.1, 0.15) is 5.82 Å². The van der Waals surface area contributed by atoms with Gasteiger partial charge in [-0.15, -0.1) is 0 Å². The van der Waals surface area contributed by atoms with Crippen molar-refractivity contribution in [2.24, 2.45) is 0 Å². The fourth-order valence-electron chi connectivity index (χ4n) is 2.14. The molecule has 0 radical (unpaired) electrons. The predicted octanol–water partition coefficient (Wildman–Crippen LogP) is 2.78. The first kappa shape index (κ1) is 14.6. The Hall–Kier alpha value is -1.78. The van der Waals surface area contributed by atoms with E-state index in [0.717, 1.165) is 12.1 Å². The van der Waals surface area contributed by atoms with E-state index < -0.39 is 6.10 Å². The summed E-state index contributed by atoms with van der Waals surface area (Å²) in [4.78, 5) is 6.06. The highest BCUT2D eigenvalue weighted by atomic mass is 19.1. The van der Waals surface area contributed by atoms with Gasteiger partial charge in [0, 0.05) is 31.0 Å². The molecule has 0 amide bonds. The standard InChI is InChI=1S/C16H19FN2O/c1-2-19(11-13-7-9-18-10-8-13)12-16(20)14-5-3-4-6-15(14)17/h3-10,16,20H,2,11-12H2,1H3. The molecule has 2 rings (SSSR count). The summed E-state index contributed by atoms with van der Waals surface area (Å²) in [6, 6.07) is 10.2. The zero-order chi connectivity index (χ0) is 14.4. The van der Waals surface area contributed by atoms with Crippen LogP contribution in [0.15, 0.2) is 48.8 Å². The molecule has 0 aliphatic carbocycles. The summed E-state index contributed by atoms with van der Waals surface area (Å²) in [6.45, 7) is 3.92. The second kappa shape index (κ2) is 7.12. The molecule has 0 aliphatic rings. The molecular formula is C16H19FN2O. The Kier molecular flexibility index (Phi) is 5.21. The highest BCUT2D eigenvalue weighted by Crippen LogP contribution is 2.18. The van der Waals surface area contributed by atoms with E-state index in [1.807, 2.05) is 19.1 Å². The zero-order valence-corrected chi connectivity index (χ0v) is 11.5. The van der Waals surface area contributed by atoms with Gasteiger partial charge in [-0.25, -0.2) is 4.39 Å². The van der Waals surface area contributed by atoms with Gasteiger partial charge in [-0.2, -0.15) is 0 Å². The lowest BCUT2D eigenvalue weighted by atomic mass is 10.1. The van der Waals surface area contributed by atoms with Gasteiger partial charge in [0.15, 0.2) is 0 Å². The third kappa shape index (κ3) is 3.85. The second-order valence-corrected chi connectivity index (χ2v) is 4.72. The molecule has 0 fully saturated rings. The highest BCUT2D eigenvalue weighted by molar-refractivity contribution is 5.20. The van der Waals surface area contributed by atoms with Crippen LogP contribution in [0.5, 0.6) is 0 Å². The smallest absolute Gasteiger partial charge is 0.129 e. The Labute approximate surface area is 118 Å². The minimum absolute atomic E-state index is 0.348. The van der Waals surface area contributed by atoms with Crippen LogP contribution >= 0.6 is 0 Å². The lowest BCUT2D eigenvalue weighted by Crippen LogP contribution is -2.28. The van der Waals surface area contributed by atoms with Crippen LogP contribution in [0.2, 0.25) is 0 Å². The maximum absolute atomic E-state index is 13.6. The Bertz CT molecular complexity index is 533.